The van der Waals surface area contributed by atoms with Gasteiger partial charge >= 0.3 is 0 Å². The standard InChI is InChI=1S/C29H22NS.C8H18NO.Ir/c1-29(2,3)23-17-19(16-18-10-4-5-11-20(18)23)27-28-26(21-12-6-8-14-24(21)30-27)22-13-7-9-15-25(22)31-28;1-6(2)9-7(3)5-8(4)10;/h4-15,17H,1-3H3;6-8,10H,5H2,1-4H3;/q2*-1;. The fraction of sp³-hybridized carbons (Fsp3) is 0.324. The molecule has 0 spiro atoms. The molecule has 6 rings (SSSR count). The van der Waals surface area contributed by atoms with E-state index >= 15 is 0 Å². The molecule has 2 unspecified atom stereocenters. The monoisotopic (exact) mass is 753 g/mol. The SMILES string of the molecule is CC(C)(C)c1cc(-c2nc3ccccc3c3c2sc2ccccc23)[c-]c2ccccc12.CC(O)CC(C)[N-]C(C)C.[Ir]. The fourth-order valence-electron chi connectivity index (χ4n) is 5.66. The molecule has 0 saturated heterocycles. The van der Waals surface area contributed by atoms with Crippen LogP contribution in [0, 0.1) is 6.07 Å². The Kier molecular flexibility index (Phi) is 10.2. The Balaban J connectivity index is 0.000000320. The smallest absolute Gasteiger partial charge is 0.0624 e. The van der Waals surface area contributed by atoms with Crippen LogP contribution < -0.4 is 0 Å². The maximum atomic E-state index is 8.98. The maximum absolute atomic E-state index is 8.98. The second-order valence-electron chi connectivity index (χ2n) is 12.3. The van der Waals surface area contributed by atoms with Gasteiger partial charge in [-0.3, -0.25) is 4.98 Å². The van der Waals surface area contributed by atoms with Gasteiger partial charge < -0.3 is 10.4 Å². The normalized spacial score (nSPS) is 13.3. The van der Waals surface area contributed by atoms with Gasteiger partial charge in [-0.05, 0) is 30.9 Å². The van der Waals surface area contributed by atoms with Gasteiger partial charge in [0.1, 0.15) is 0 Å². The molecule has 1 radical (unpaired) electrons. The van der Waals surface area contributed by atoms with Gasteiger partial charge in [0.25, 0.3) is 0 Å². The molecule has 2 aromatic heterocycles. The summed E-state index contributed by atoms with van der Waals surface area (Å²) in [7, 11) is 0. The Morgan fingerprint density at radius 3 is 2.14 bits per heavy atom. The van der Waals surface area contributed by atoms with E-state index in [1.54, 1.807) is 6.92 Å². The molecule has 4 aromatic carbocycles. The van der Waals surface area contributed by atoms with Crippen molar-refractivity contribution in [3.05, 3.63) is 95.8 Å². The molecule has 1 N–H and O–H groups in total. The quantitative estimate of drug-likeness (QED) is 0.178. The number of pyridine rings is 1. The van der Waals surface area contributed by atoms with E-state index in [1.807, 2.05) is 18.3 Å². The van der Waals surface area contributed by atoms with E-state index < -0.39 is 0 Å². The van der Waals surface area contributed by atoms with E-state index in [0.29, 0.717) is 12.1 Å². The molecule has 5 heteroatoms. The summed E-state index contributed by atoms with van der Waals surface area (Å²) < 4.78 is 2.54. The molecule has 2 heterocycles. The largest absolute Gasteiger partial charge is 0.657 e. The third-order valence-electron chi connectivity index (χ3n) is 7.29. The third-order valence-corrected chi connectivity index (χ3v) is 8.47. The number of fused-ring (bicyclic) bond motifs is 6. The van der Waals surface area contributed by atoms with Crippen LogP contribution in [0.2, 0.25) is 0 Å². The summed E-state index contributed by atoms with van der Waals surface area (Å²) in [5.41, 5.74) is 4.50. The van der Waals surface area contributed by atoms with Crippen LogP contribution in [-0.2, 0) is 25.5 Å². The summed E-state index contributed by atoms with van der Waals surface area (Å²) in [4.78, 5) is 5.18. The molecule has 0 aliphatic rings. The minimum atomic E-state index is -0.225. The van der Waals surface area contributed by atoms with Crippen LogP contribution in [0.25, 0.3) is 58.4 Å². The first-order valence-electron chi connectivity index (χ1n) is 14.6. The van der Waals surface area contributed by atoms with Crippen molar-refractivity contribution >= 4 is 53.2 Å². The summed E-state index contributed by atoms with van der Waals surface area (Å²) in [6.45, 7) is 14.8. The number of para-hydroxylation sites is 1. The fourth-order valence-corrected chi connectivity index (χ4v) is 6.88. The van der Waals surface area contributed by atoms with Gasteiger partial charge in [-0.1, -0.05) is 107 Å². The topological polar surface area (TPSA) is 47.2 Å². The van der Waals surface area contributed by atoms with E-state index in [9.17, 15) is 0 Å². The first-order chi connectivity index (χ1) is 19.5. The first-order valence-corrected chi connectivity index (χ1v) is 15.4. The van der Waals surface area contributed by atoms with Gasteiger partial charge in [0.05, 0.1) is 5.52 Å². The van der Waals surface area contributed by atoms with Gasteiger partial charge in [0.2, 0.25) is 0 Å². The number of benzene rings is 4. The number of hydrogen-bond donors (Lipinski definition) is 1. The molecule has 2 atom stereocenters. The van der Waals surface area contributed by atoms with Crippen LogP contribution in [-0.4, -0.2) is 28.3 Å². The van der Waals surface area contributed by atoms with Gasteiger partial charge in [-0.15, -0.1) is 52.6 Å². The summed E-state index contributed by atoms with van der Waals surface area (Å²) in [5, 5.41) is 19.6. The molecule has 6 aromatic rings. The number of aliphatic hydroxyl groups is 1. The first kappa shape index (κ1) is 32.3. The van der Waals surface area contributed by atoms with Crippen LogP contribution in [0.4, 0.5) is 0 Å². The minimum Gasteiger partial charge on any atom is -0.657 e. The van der Waals surface area contributed by atoms with Gasteiger partial charge in [-0.25, -0.2) is 0 Å². The second-order valence-corrected chi connectivity index (χ2v) is 13.4. The zero-order valence-corrected chi connectivity index (χ0v) is 28.7. The summed E-state index contributed by atoms with van der Waals surface area (Å²) in [6.07, 6.45) is 0.551. The molecule has 221 valence electrons. The summed E-state index contributed by atoms with van der Waals surface area (Å²) in [5.74, 6) is 0. The Bertz CT molecular complexity index is 1810. The molecule has 0 amide bonds. The number of nitrogens with zero attached hydrogens (tertiary/aromatic N) is 2. The molecular weight excluding hydrogens is 713 g/mol. The average Bonchev–Trinajstić information content (AvgIpc) is 3.31. The Morgan fingerprint density at radius 1 is 0.857 bits per heavy atom. The number of aliphatic hydroxyl groups excluding tert-OH is 1. The van der Waals surface area contributed by atoms with Crippen molar-refractivity contribution in [3.8, 4) is 11.3 Å². The van der Waals surface area contributed by atoms with E-state index in [4.69, 9.17) is 10.1 Å². The molecule has 0 fully saturated rings. The van der Waals surface area contributed by atoms with E-state index in [2.05, 4.69) is 125 Å². The van der Waals surface area contributed by atoms with Gasteiger partial charge in [0.15, 0.2) is 0 Å². The number of rotatable bonds is 5. The van der Waals surface area contributed by atoms with Crippen LogP contribution in [0.3, 0.4) is 0 Å². The van der Waals surface area contributed by atoms with Crippen molar-refractivity contribution in [2.45, 2.75) is 78.5 Å². The van der Waals surface area contributed by atoms with Crippen molar-refractivity contribution < 1.29 is 25.2 Å². The predicted molar refractivity (Wildman–Crippen MR) is 179 cm³/mol. The maximum Gasteiger partial charge on any atom is 0.0624 e. The van der Waals surface area contributed by atoms with Crippen LogP contribution in [0.1, 0.15) is 60.5 Å². The third kappa shape index (κ3) is 6.93. The summed E-state index contributed by atoms with van der Waals surface area (Å²) in [6, 6.07) is 32.4. The molecule has 0 aliphatic carbocycles. The van der Waals surface area contributed by atoms with Gasteiger partial charge in [-0.2, -0.15) is 0 Å². The molecule has 42 heavy (non-hydrogen) atoms. The summed E-state index contributed by atoms with van der Waals surface area (Å²) >= 11 is 1.83. The van der Waals surface area contributed by atoms with Crippen molar-refractivity contribution in [1.82, 2.24) is 4.98 Å². The number of thiophene rings is 1. The van der Waals surface area contributed by atoms with Crippen LogP contribution >= 0.6 is 11.3 Å². The molecular formula is C37H40IrN2OS-2. The van der Waals surface area contributed by atoms with Crippen molar-refractivity contribution in [3.63, 3.8) is 0 Å². The van der Waals surface area contributed by atoms with Crippen LogP contribution in [0.5, 0.6) is 0 Å². The van der Waals surface area contributed by atoms with E-state index in [1.165, 1.54) is 36.5 Å². The van der Waals surface area contributed by atoms with Crippen molar-refractivity contribution in [1.29, 1.82) is 0 Å². The Labute approximate surface area is 267 Å². The minimum absolute atomic E-state index is 0. The molecule has 0 bridgehead atoms. The Hall–Kier alpha value is -2.66. The number of hydrogen-bond acceptors (Lipinski definition) is 3. The van der Waals surface area contributed by atoms with Crippen molar-refractivity contribution in [2.75, 3.05) is 0 Å². The molecule has 0 saturated carbocycles. The molecule has 3 nitrogen and oxygen atoms in total. The zero-order valence-electron chi connectivity index (χ0n) is 25.5. The second kappa shape index (κ2) is 13.3. The van der Waals surface area contributed by atoms with Crippen LogP contribution in [0.15, 0.2) is 78.9 Å². The van der Waals surface area contributed by atoms with Crippen molar-refractivity contribution in [2.24, 2.45) is 0 Å². The van der Waals surface area contributed by atoms with E-state index in [-0.39, 0.29) is 31.6 Å². The molecule has 0 aliphatic heterocycles. The van der Waals surface area contributed by atoms with Gasteiger partial charge in [0, 0.05) is 57.5 Å². The zero-order chi connectivity index (χ0) is 29.3. The predicted octanol–water partition coefficient (Wildman–Crippen LogP) is 10.4. The van der Waals surface area contributed by atoms with E-state index in [0.717, 1.165) is 28.6 Å². The number of aromatic nitrogens is 1. The average molecular weight is 753 g/mol. The Morgan fingerprint density at radius 2 is 1.48 bits per heavy atom.